The van der Waals surface area contributed by atoms with E-state index in [4.69, 9.17) is 15.6 Å². The van der Waals surface area contributed by atoms with Crippen molar-refractivity contribution in [3.05, 3.63) is 23.8 Å². The lowest BCUT2D eigenvalue weighted by Gasteiger charge is -2.18. The molecule has 4 heteroatoms. The first-order valence-electron chi connectivity index (χ1n) is 4.83. The molecule has 4 N–H and O–H groups in total. The Labute approximate surface area is 89.3 Å². The molecule has 0 aromatic heterocycles. The number of aliphatic hydroxyl groups is 1. The lowest BCUT2D eigenvalue weighted by molar-refractivity contribution is 0.252. The Morgan fingerprint density at radius 2 is 2.13 bits per heavy atom. The number of phenolic OH excluding ortho intramolecular Hbond substituents is 1. The highest BCUT2D eigenvalue weighted by Crippen LogP contribution is 2.30. The van der Waals surface area contributed by atoms with Gasteiger partial charge in [0.2, 0.25) is 0 Å². The molecule has 0 radical (unpaired) electrons. The van der Waals surface area contributed by atoms with Gasteiger partial charge in [-0.05, 0) is 23.6 Å². The fraction of sp³-hybridized carbons (Fsp3) is 0.455. The second-order valence-corrected chi connectivity index (χ2v) is 3.57. The number of phenols is 1. The third-order valence-corrected chi connectivity index (χ3v) is 2.58. The maximum atomic E-state index is 9.41. The number of hydrogen-bond donors (Lipinski definition) is 3. The van der Waals surface area contributed by atoms with E-state index >= 15 is 0 Å². The van der Waals surface area contributed by atoms with Crippen LogP contribution >= 0.6 is 0 Å². The predicted molar refractivity (Wildman–Crippen MR) is 58.1 cm³/mol. The second-order valence-electron chi connectivity index (χ2n) is 3.57. The molecule has 4 nitrogen and oxygen atoms in total. The highest BCUT2D eigenvalue weighted by atomic mass is 16.5. The fourth-order valence-electron chi connectivity index (χ4n) is 1.38. The van der Waals surface area contributed by atoms with Gasteiger partial charge >= 0.3 is 0 Å². The molecular formula is C11H17NO3. The van der Waals surface area contributed by atoms with E-state index in [1.807, 2.05) is 6.92 Å². The van der Waals surface area contributed by atoms with Gasteiger partial charge in [-0.1, -0.05) is 13.0 Å². The van der Waals surface area contributed by atoms with Gasteiger partial charge in [0, 0.05) is 6.04 Å². The van der Waals surface area contributed by atoms with Crippen molar-refractivity contribution >= 4 is 0 Å². The van der Waals surface area contributed by atoms with Crippen molar-refractivity contribution in [3.63, 3.8) is 0 Å². The van der Waals surface area contributed by atoms with E-state index in [-0.39, 0.29) is 24.3 Å². The zero-order valence-electron chi connectivity index (χ0n) is 8.97. The predicted octanol–water partition coefficient (Wildman–Crippen LogP) is 0.824. The quantitative estimate of drug-likeness (QED) is 0.689. The Bertz CT molecular complexity index is 328. The molecule has 0 amide bonds. The van der Waals surface area contributed by atoms with Crippen molar-refractivity contribution in [1.82, 2.24) is 0 Å². The molecule has 0 bridgehead atoms. The molecule has 1 rings (SSSR count). The standard InChI is InChI=1S/C11H17NO3/c1-7(9(12)6-13)8-3-4-10(14)11(5-8)15-2/h3-5,7,9,13-14H,6,12H2,1-2H3. The van der Waals surface area contributed by atoms with Gasteiger partial charge < -0.3 is 20.7 Å². The number of aromatic hydroxyl groups is 1. The Morgan fingerprint density at radius 1 is 1.47 bits per heavy atom. The van der Waals surface area contributed by atoms with Gasteiger partial charge in [0.1, 0.15) is 0 Å². The van der Waals surface area contributed by atoms with Gasteiger partial charge in [-0.3, -0.25) is 0 Å². The van der Waals surface area contributed by atoms with Gasteiger partial charge in [-0.25, -0.2) is 0 Å². The summed E-state index contributed by atoms with van der Waals surface area (Å²) in [5.74, 6) is 0.542. The molecule has 0 saturated heterocycles. The molecule has 0 aliphatic heterocycles. The average Bonchev–Trinajstić information content (AvgIpc) is 2.27. The topological polar surface area (TPSA) is 75.7 Å². The number of nitrogens with two attached hydrogens (primary N) is 1. The molecule has 0 heterocycles. The van der Waals surface area contributed by atoms with E-state index < -0.39 is 0 Å². The van der Waals surface area contributed by atoms with Crippen LogP contribution in [0.5, 0.6) is 11.5 Å². The van der Waals surface area contributed by atoms with Crippen molar-refractivity contribution in [3.8, 4) is 11.5 Å². The minimum Gasteiger partial charge on any atom is -0.504 e. The Kier molecular flexibility index (Phi) is 3.94. The van der Waals surface area contributed by atoms with Crippen LogP contribution in [0.15, 0.2) is 18.2 Å². The van der Waals surface area contributed by atoms with Crippen LogP contribution in [0.4, 0.5) is 0 Å². The Hall–Kier alpha value is -1.26. The molecule has 1 aromatic rings. The Morgan fingerprint density at radius 3 is 2.67 bits per heavy atom. The number of hydrogen-bond acceptors (Lipinski definition) is 4. The van der Waals surface area contributed by atoms with Crippen LogP contribution in [0.1, 0.15) is 18.4 Å². The van der Waals surface area contributed by atoms with E-state index in [1.54, 1.807) is 18.2 Å². The number of ether oxygens (including phenoxy) is 1. The largest absolute Gasteiger partial charge is 0.504 e. The summed E-state index contributed by atoms with van der Waals surface area (Å²) in [4.78, 5) is 0. The fourth-order valence-corrected chi connectivity index (χ4v) is 1.38. The summed E-state index contributed by atoms with van der Waals surface area (Å²) in [6, 6.07) is 4.77. The summed E-state index contributed by atoms with van der Waals surface area (Å²) in [7, 11) is 1.50. The third-order valence-electron chi connectivity index (χ3n) is 2.58. The third kappa shape index (κ3) is 2.61. The number of benzene rings is 1. The van der Waals surface area contributed by atoms with E-state index in [1.165, 1.54) is 7.11 Å². The molecule has 0 aliphatic carbocycles. The SMILES string of the molecule is COc1cc(C(C)C(N)CO)ccc1O. The molecule has 15 heavy (non-hydrogen) atoms. The average molecular weight is 211 g/mol. The summed E-state index contributed by atoms with van der Waals surface area (Å²) in [5, 5.41) is 18.3. The lowest BCUT2D eigenvalue weighted by Crippen LogP contribution is -2.30. The first-order valence-corrected chi connectivity index (χ1v) is 4.83. The zero-order valence-corrected chi connectivity index (χ0v) is 8.97. The molecule has 0 spiro atoms. The van der Waals surface area contributed by atoms with Gasteiger partial charge in [-0.15, -0.1) is 0 Å². The number of aliphatic hydroxyl groups excluding tert-OH is 1. The zero-order chi connectivity index (χ0) is 11.4. The second kappa shape index (κ2) is 5.00. The van der Waals surface area contributed by atoms with Crippen molar-refractivity contribution in [2.24, 2.45) is 5.73 Å². The van der Waals surface area contributed by atoms with Crippen LogP contribution in [0.25, 0.3) is 0 Å². The van der Waals surface area contributed by atoms with Crippen LogP contribution in [0.3, 0.4) is 0 Å². The van der Waals surface area contributed by atoms with Crippen molar-refractivity contribution in [2.45, 2.75) is 18.9 Å². The normalized spacial score (nSPS) is 14.7. The molecule has 2 unspecified atom stereocenters. The van der Waals surface area contributed by atoms with Gasteiger partial charge in [0.05, 0.1) is 13.7 Å². The minimum atomic E-state index is -0.306. The van der Waals surface area contributed by atoms with Crippen LogP contribution in [0, 0.1) is 0 Å². The summed E-state index contributed by atoms with van der Waals surface area (Å²) in [5.41, 5.74) is 6.66. The monoisotopic (exact) mass is 211 g/mol. The van der Waals surface area contributed by atoms with E-state index in [9.17, 15) is 5.11 Å². The van der Waals surface area contributed by atoms with Crippen molar-refractivity contribution in [2.75, 3.05) is 13.7 Å². The van der Waals surface area contributed by atoms with Gasteiger partial charge in [0.25, 0.3) is 0 Å². The lowest BCUT2D eigenvalue weighted by atomic mass is 9.94. The molecule has 84 valence electrons. The first-order chi connectivity index (χ1) is 7.10. The molecule has 2 atom stereocenters. The maximum Gasteiger partial charge on any atom is 0.160 e. The number of rotatable bonds is 4. The summed E-state index contributed by atoms with van der Waals surface area (Å²) in [6.07, 6.45) is 0. The Balaban J connectivity index is 2.95. The van der Waals surface area contributed by atoms with Crippen LogP contribution in [-0.2, 0) is 0 Å². The smallest absolute Gasteiger partial charge is 0.160 e. The van der Waals surface area contributed by atoms with Crippen molar-refractivity contribution in [1.29, 1.82) is 0 Å². The molecule has 0 aliphatic rings. The van der Waals surface area contributed by atoms with Crippen LogP contribution in [0.2, 0.25) is 0 Å². The van der Waals surface area contributed by atoms with E-state index in [2.05, 4.69) is 0 Å². The summed E-state index contributed by atoms with van der Waals surface area (Å²) < 4.78 is 5.00. The molecule has 0 saturated carbocycles. The minimum absolute atomic E-state index is 0.0181. The molecule has 0 fully saturated rings. The van der Waals surface area contributed by atoms with Gasteiger partial charge in [-0.2, -0.15) is 0 Å². The maximum absolute atomic E-state index is 9.41. The first kappa shape index (κ1) is 11.8. The summed E-state index contributed by atoms with van der Waals surface area (Å²) >= 11 is 0. The van der Waals surface area contributed by atoms with Crippen LogP contribution < -0.4 is 10.5 Å². The number of methoxy groups -OCH3 is 1. The van der Waals surface area contributed by atoms with Crippen molar-refractivity contribution < 1.29 is 14.9 Å². The summed E-state index contributed by atoms with van der Waals surface area (Å²) in [6.45, 7) is 1.86. The highest BCUT2D eigenvalue weighted by Gasteiger charge is 2.15. The molecule has 1 aromatic carbocycles. The molecular weight excluding hydrogens is 194 g/mol. The van der Waals surface area contributed by atoms with Crippen LogP contribution in [-0.4, -0.2) is 30.0 Å². The highest BCUT2D eigenvalue weighted by molar-refractivity contribution is 5.43. The van der Waals surface area contributed by atoms with E-state index in [0.717, 1.165) is 5.56 Å². The van der Waals surface area contributed by atoms with Gasteiger partial charge in [0.15, 0.2) is 11.5 Å². The van der Waals surface area contributed by atoms with E-state index in [0.29, 0.717) is 5.75 Å².